The van der Waals surface area contributed by atoms with Crippen molar-refractivity contribution < 1.29 is 0 Å². The van der Waals surface area contributed by atoms with E-state index in [2.05, 4.69) is 36.4 Å². The molecule has 0 saturated heterocycles. The van der Waals surface area contributed by atoms with E-state index in [0.717, 1.165) is 11.4 Å². The van der Waals surface area contributed by atoms with E-state index < -0.39 is 0 Å². The summed E-state index contributed by atoms with van der Waals surface area (Å²) in [6.07, 6.45) is 6.26. The highest BCUT2D eigenvalue weighted by molar-refractivity contribution is 5.65. The maximum absolute atomic E-state index is 9.29. The lowest BCUT2D eigenvalue weighted by atomic mass is 10.2. The van der Waals surface area contributed by atoms with Crippen molar-refractivity contribution in [3.63, 3.8) is 0 Å². The fourth-order valence-electron chi connectivity index (χ4n) is 2.39. The van der Waals surface area contributed by atoms with E-state index in [1.807, 2.05) is 36.4 Å². The molecule has 0 amide bonds. The van der Waals surface area contributed by atoms with Crippen LogP contribution >= 0.6 is 0 Å². The summed E-state index contributed by atoms with van der Waals surface area (Å²) in [7, 11) is 0. The summed E-state index contributed by atoms with van der Waals surface area (Å²) in [6.45, 7) is 0. The van der Waals surface area contributed by atoms with E-state index in [4.69, 9.17) is 0 Å². The van der Waals surface area contributed by atoms with Gasteiger partial charge in [-0.25, -0.2) is 19.6 Å². The lowest BCUT2D eigenvalue weighted by molar-refractivity contribution is 0.879. The maximum Gasteiger partial charge on any atom is 0.227 e. The molecule has 8 nitrogen and oxygen atoms in total. The van der Waals surface area contributed by atoms with E-state index in [0.29, 0.717) is 22.9 Å². The van der Waals surface area contributed by atoms with E-state index in [1.54, 1.807) is 23.3 Å². The number of pyridine rings is 1. The lowest BCUT2D eigenvalue weighted by Crippen LogP contribution is -2.01. The van der Waals surface area contributed by atoms with Gasteiger partial charge in [-0.15, -0.1) is 0 Å². The van der Waals surface area contributed by atoms with Crippen molar-refractivity contribution >= 4 is 11.6 Å². The SMILES string of the molecule is N#Cc1cnc(Nc2ccc(-n3cncn3)cc2)nc1-c1ccccn1. The number of benzene rings is 1. The smallest absolute Gasteiger partial charge is 0.227 e. The van der Waals surface area contributed by atoms with Gasteiger partial charge in [0.25, 0.3) is 0 Å². The number of nitrogens with zero attached hydrogens (tertiary/aromatic N) is 7. The molecule has 0 saturated carbocycles. The quantitative estimate of drug-likeness (QED) is 0.609. The average Bonchev–Trinajstić information content (AvgIpc) is 3.24. The minimum Gasteiger partial charge on any atom is -0.324 e. The fourth-order valence-corrected chi connectivity index (χ4v) is 2.39. The van der Waals surface area contributed by atoms with Crippen LogP contribution in [-0.2, 0) is 0 Å². The molecule has 0 unspecified atom stereocenters. The van der Waals surface area contributed by atoms with E-state index in [1.165, 1.54) is 12.5 Å². The van der Waals surface area contributed by atoms with Crippen LogP contribution in [0.15, 0.2) is 67.5 Å². The van der Waals surface area contributed by atoms with Crippen LogP contribution in [-0.4, -0.2) is 29.7 Å². The monoisotopic (exact) mass is 340 g/mol. The van der Waals surface area contributed by atoms with Crippen LogP contribution in [0.5, 0.6) is 0 Å². The van der Waals surface area contributed by atoms with Crippen molar-refractivity contribution in [1.29, 1.82) is 5.26 Å². The number of rotatable bonds is 4. The van der Waals surface area contributed by atoms with Gasteiger partial charge in [-0.05, 0) is 36.4 Å². The molecule has 0 atom stereocenters. The molecule has 26 heavy (non-hydrogen) atoms. The minimum atomic E-state index is 0.371. The van der Waals surface area contributed by atoms with Gasteiger partial charge in [-0.2, -0.15) is 10.4 Å². The Kier molecular flexibility index (Phi) is 4.02. The molecule has 1 aromatic carbocycles. The van der Waals surface area contributed by atoms with Crippen molar-refractivity contribution in [2.24, 2.45) is 0 Å². The van der Waals surface area contributed by atoms with Crippen LogP contribution < -0.4 is 5.32 Å². The zero-order valence-electron chi connectivity index (χ0n) is 13.5. The second-order valence-corrected chi connectivity index (χ2v) is 5.29. The van der Waals surface area contributed by atoms with Crippen LogP contribution in [0, 0.1) is 11.3 Å². The molecule has 0 spiro atoms. The van der Waals surface area contributed by atoms with Gasteiger partial charge in [-0.1, -0.05) is 6.07 Å². The molecule has 3 aromatic heterocycles. The molecular formula is C18H12N8. The first-order chi connectivity index (χ1) is 12.8. The van der Waals surface area contributed by atoms with Gasteiger partial charge in [-0.3, -0.25) is 4.98 Å². The van der Waals surface area contributed by atoms with E-state index in [-0.39, 0.29) is 0 Å². The summed E-state index contributed by atoms with van der Waals surface area (Å²) >= 11 is 0. The Morgan fingerprint density at radius 2 is 1.92 bits per heavy atom. The molecule has 0 aliphatic carbocycles. The minimum absolute atomic E-state index is 0.371. The predicted molar refractivity (Wildman–Crippen MR) is 94.6 cm³/mol. The molecule has 0 aliphatic heterocycles. The zero-order chi connectivity index (χ0) is 17.8. The molecule has 0 aliphatic rings. The molecule has 0 bridgehead atoms. The Balaban J connectivity index is 1.62. The van der Waals surface area contributed by atoms with Crippen molar-refractivity contribution in [2.45, 2.75) is 0 Å². The first-order valence-electron chi connectivity index (χ1n) is 7.74. The first kappa shape index (κ1) is 15.4. The number of anilines is 2. The summed E-state index contributed by atoms with van der Waals surface area (Å²) in [4.78, 5) is 16.8. The summed E-state index contributed by atoms with van der Waals surface area (Å²) in [5.41, 5.74) is 3.19. The Morgan fingerprint density at radius 1 is 1.04 bits per heavy atom. The second-order valence-electron chi connectivity index (χ2n) is 5.29. The molecular weight excluding hydrogens is 328 g/mol. The van der Waals surface area contributed by atoms with Crippen LogP contribution in [0.2, 0.25) is 0 Å². The van der Waals surface area contributed by atoms with E-state index >= 15 is 0 Å². The number of hydrogen-bond donors (Lipinski definition) is 1. The van der Waals surface area contributed by atoms with Gasteiger partial charge in [0.05, 0.1) is 23.1 Å². The molecule has 8 heteroatoms. The molecule has 4 rings (SSSR count). The third-order valence-electron chi connectivity index (χ3n) is 3.62. The van der Waals surface area contributed by atoms with Crippen molar-refractivity contribution in [1.82, 2.24) is 29.7 Å². The summed E-state index contributed by atoms with van der Waals surface area (Å²) in [6, 6.07) is 15.1. The van der Waals surface area contributed by atoms with Crippen molar-refractivity contribution in [2.75, 3.05) is 5.32 Å². The van der Waals surface area contributed by atoms with Crippen LogP contribution in [0.4, 0.5) is 11.6 Å². The van der Waals surface area contributed by atoms with Gasteiger partial charge in [0, 0.05) is 11.9 Å². The van der Waals surface area contributed by atoms with Crippen LogP contribution in [0.25, 0.3) is 17.1 Å². The summed E-state index contributed by atoms with van der Waals surface area (Å²) < 4.78 is 1.67. The topological polar surface area (TPSA) is 105 Å². The highest BCUT2D eigenvalue weighted by atomic mass is 15.3. The fraction of sp³-hybridized carbons (Fsp3) is 0. The summed E-state index contributed by atoms with van der Waals surface area (Å²) in [5.74, 6) is 0.387. The number of nitriles is 1. The lowest BCUT2D eigenvalue weighted by Gasteiger charge is -2.08. The van der Waals surface area contributed by atoms with Crippen LogP contribution in [0.1, 0.15) is 5.56 Å². The van der Waals surface area contributed by atoms with Crippen molar-refractivity contribution in [3.8, 4) is 23.1 Å². The molecule has 0 radical (unpaired) electrons. The van der Waals surface area contributed by atoms with Gasteiger partial charge in [0.2, 0.25) is 5.95 Å². The standard InChI is InChI=1S/C18H12N8/c19-9-13-10-22-18(25-17(13)16-3-1-2-8-21-16)24-14-4-6-15(7-5-14)26-12-20-11-23-26/h1-8,10-12H,(H,22,24,25). The van der Waals surface area contributed by atoms with Gasteiger partial charge < -0.3 is 5.32 Å². The third-order valence-corrected chi connectivity index (χ3v) is 3.62. The van der Waals surface area contributed by atoms with E-state index in [9.17, 15) is 5.26 Å². The Hall–Kier alpha value is -4.12. The van der Waals surface area contributed by atoms with Gasteiger partial charge in [0.1, 0.15) is 24.4 Å². The summed E-state index contributed by atoms with van der Waals surface area (Å²) in [5, 5.41) is 16.5. The number of aromatic nitrogens is 6. The zero-order valence-corrected chi connectivity index (χ0v) is 13.5. The predicted octanol–water partition coefficient (Wildman–Crippen LogP) is 2.73. The molecule has 4 aromatic rings. The highest BCUT2D eigenvalue weighted by Gasteiger charge is 2.10. The largest absolute Gasteiger partial charge is 0.324 e. The van der Waals surface area contributed by atoms with Crippen LogP contribution in [0.3, 0.4) is 0 Å². The maximum atomic E-state index is 9.29. The molecule has 0 fully saturated rings. The second kappa shape index (κ2) is 6.78. The molecule has 3 heterocycles. The number of nitrogens with one attached hydrogen (secondary N) is 1. The Morgan fingerprint density at radius 3 is 2.62 bits per heavy atom. The average molecular weight is 340 g/mol. The third kappa shape index (κ3) is 3.09. The Bertz CT molecular complexity index is 1050. The van der Waals surface area contributed by atoms with Gasteiger partial charge in [0.15, 0.2) is 0 Å². The highest BCUT2D eigenvalue weighted by Crippen LogP contribution is 2.21. The van der Waals surface area contributed by atoms with Crippen molar-refractivity contribution in [3.05, 3.63) is 73.1 Å². The normalized spacial score (nSPS) is 10.3. The number of hydrogen-bond acceptors (Lipinski definition) is 7. The van der Waals surface area contributed by atoms with Gasteiger partial charge >= 0.3 is 0 Å². The molecule has 1 N–H and O–H groups in total. The molecule has 124 valence electrons. The Labute approximate surface area is 148 Å². The first-order valence-corrected chi connectivity index (χ1v) is 7.74.